The highest BCUT2D eigenvalue weighted by Crippen LogP contribution is 2.16. The molecule has 1 aliphatic heterocycles. The number of tetrazole rings is 1. The minimum atomic E-state index is 0.377. The third-order valence-corrected chi connectivity index (χ3v) is 6.49. The van der Waals surface area contributed by atoms with Crippen molar-refractivity contribution >= 4 is 11.3 Å². The van der Waals surface area contributed by atoms with Gasteiger partial charge in [-0.2, -0.15) is 0 Å². The number of nitrogens with one attached hydrogen (secondary N) is 2. The molecule has 2 N–H and O–H groups in total. The van der Waals surface area contributed by atoms with Crippen molar-refractivity contribution in [3.63, 3.8) is 0 Å². The summed E-state index contributed by atoms with van der Waals surface area (Å²) in [5.41, 5.74) is 1.37. The fraction of sp³-hybridized carbons (Fsp3) is 0.500. The highest BCUT2D eigenvalue weighted by molar-refractivity contribution is 7.09. The van der Waals surface area contributed by atoms with Crippen molar-refractivity contribution in [3.05, 3.63) is 58.3 Å². The van der Waals surface area contributed by atoms with Gasteiger partial charge < -0.3 is 9.80 Å². The second-order valence-electron chi connectivity index (χ2n) is 7.56. The number of nitrogens with zero attached hydrogens (tertiary/aromatic N) is 5. The van der Waals surface area contributed by atoms with Gasteiger partial charge in [-0.3, -0.25) is 4.98 Å². The minimum absolute atomic E-state index is 0.377. The molecule has 0 saturated carbocycles. The third-order valence-electron chi connectivity index (χ3n) is 5.63. The molecule has 0 spiro atoms. The molecule has 4 heterocycles. The first kappa shape index (κ1) is 19.2. The lowest BCUT2D eigenvalue weighted by Crippen LogP contribution is -3.27. The van der Waals surface area contributed by atoms with Crippen LogP contribution >= 0.6 is 11.3 Å². The van der Waals surface area contributed by atoms with Gasteiger partial charge in [0, 0.05) is 29.3 Å². The van der Waals surface area contributed by atoms with Crippen LogP contribution in [0.3, 0.4) is 0 Å². The van der Waals surface area contributed by atoms with Crippen LogP contribution in [0, 0.1) is 0 Å². The molecule has 1 atom stereocenters. The molecule has 1 aliphatic rings. The number of hydrogen-bond donors (Lipinski definition) is 2. The molecule has 0 amide bonds. The van der Waals surface area contributed by atoms with Gasteiger partial charge in [-0.15, -0.1) is 16.4 Å². The molecule has 1 fully saturated rings. The van der Waals surface area contributed by atoms with Crippen molar-refractivity contribution in [2.75, 3.05) is 26.2 Å². The second-order valence-corrected chi connectivity index (χ2v) is 8.59. The minimum Gasteiger partial charge on any atom is -0.322 e. The zero-order valence-electron chi connectivity index (χ0n) is 16.4. The van der Waals surface area contributed by atoms with E-state index in [4.69, 9.17) is 0 Å². The van der Waals surface area contributed by atoms with Crippen LogP contribution < -0.4 is 9.80 Å². The van der Waals surface area contributed by atoms with E-state index in [0.717, 1.165) is 44.8 Å². The Morgan fingerprint density at radius 1 is 1.14 bits per heavy atom. The molecular weight excluding hydrogens is 370 g/mol. The summed E-state index contributed by atoms with van der Waals surface area (Å²) in [5.74, 6) is 1.04. The first-order chi connectivity index (χ1) is 13.8. The fourth-order valence-electron chi connectivity index (χ4n) is 4.17. The smallest absolute Gasteiger partial charge is 0.209 e. The molecule has 0 unspecified atom stereocenters. The van der Waals surface area contributed by atoms with Crippen LogP contribution in [0.4, 0.5) is 0 Å². The Labute approximate surface area is 170 Å². The Morgan fingerprint density at radius 3 is 2.68 bits per heavy atom. The van der Waals surface area contributed by atoms with Gasteiger partial charge in [-0.1, -0.05) is 19.4 Å². The van der Waals surface area contributed by atoms with Crippen molar-refractivity contribution in [2.24, 2.45) is 0 Å². The Hall–Kier alpha value is -2.16. The number of rotatable bonds is 8. The summed E-state index contributed by atoms with van der Waals surface area (Å²) >= 11 is 1.76. The first-order valence-electron chi connectivity index (χ1n) is 10.2. The van der Waals surface area contributed by atoms with E-state index in [2.05, 4.69) is 57.1 Å². The van der Waals surface area contributed by atoms with Crippen molar-refractivity contribution in [3.8, 4) is 0 Å². The summed E-state index contributed by atoms with van der Waals surface area (Å²) < 4.78 is 2.01. The largest absolute Gasteiger partial charge is 0.322 e. The van der Waals surface area contributed by atoms with Gasteiger partial charge in [0.05, 0.1) is 6.54 Å². The quantitative estimate of drug-likeness (QED) is 0.560. The fourth-order valence-corrected chi connectivity index (χ4v) is 4.85. The summed E-state index contributed by atoms with van der Waals surface area (Å²) in [6, 6.07) is 8.88. The van der Waals surface area contributed by atoms with Gasteiger partial charge in [0.15, 0.2) is 0 Å². The van der Waals surface area contributed by atoms with Crippen LogP contribution in [0.2, 0.25) is 0 Å². The van der Waals surface area contributed by atoms with Crippen LogP contribution in [-0.2, 0) is 13.1 Å². The third kappa shape index (κ3) is 4.63. The Morgan fingerprint density at radius 2 is 1.96 bits per heavy atom. The monoisotopic (exact) mass is 399 g/mol. The lowest BCUT2D eigenvalue weighted by Gasteiger charge is -2.34. The van der Waals surface area contributed by atoms with Gasteiger partial charge >= 0.3 is 0 Å². The highest BCUT2D eigenvalue weighted by atomic mass is 32.1. The van der Waals surface area contributed by atoms with Crippen LogP contribution in [0.5, 0.6) is 0 Å². The van der Waals surface area contributed by atoms with Crippen molar-refractivity contribution < 1.29 is 9.80 Å². The van der Waals surface area contributed by atoms with Crippen LogP contribution in [0.1, 0.15) is 42.1 Å². The second kappa shape index (κ2) is 9.36. The average molecular weight is 400 g/mol. The standard InChI is InChI=1S/C20H27N7S/c1-2-4-19(20-22-23-24-27(20)16-18-5-3-14-28-18)26-12-10-25(11-13-26)15-17-6-8-21-9-7-17/h3,5-9,14,19H,2,4,10-13,15-16H2,1H3/p+2/t19-/m1/s1. The summed E-state index contributed by atoms with van der Waals surface area (Å²) in [6.07, 6.45) is 6.05. The van der Waals surface area contributed by atoms with Crippen LogP contribution in [-0.4, -0.2) is 51.4 Å². The highest BCUT2D eigenvalue weighted by Gasteiger charge is 2.33. The Kier molecular flexibility index (Phi) is 6.41. The van der Waals surface area contributed by atoms with Crippen molar-refractivity contribution in [1.29, 1.82) is 0 Å². The zero-order chi connectivity index (χ0) is 19.2. The zero-order valence-corrected chi connectivity index (χ0v) is 17.2. The van der Waals surface area contributed by atoms with E-state index in [-0.39, 0.29) is 0 Å². The molecule has 0 aliphatic carbocycles. The molecule has 28 heavy (non-hydrogen) atoms. The molecule has 3 aromatic rings. The topological polar surface area (TPSA) is 65.4 Å². The number of aromatic nitrogens is 5. The molecule has 7 nitrogen and oxygen atoms in total. The van der Waals surface area contributed by atoms with Crippen LogP contribution in [0.15, 0.2) is 42.0 Å². The molecule has 1 saturated heterocycles. The molecule has 0 aromatic carbocycles. The molecule has 0 radical (unpaired) electrons. The van der Waals surface area contributed by atoms with E-state index in [0.29, 0.717) is 6.04 Å². The van der Waals surface area contributed by atoms with E-state index in [9.17, 15) is 0 Å². The maximum atomic E-state index is 4.45. The van der Waals surface area contributed by atoms with Crippen molar-refractivity contribution in [1.82, 2.24) is 25.2 Å². The van der Waals surface area contributed by atoms with Gasteiger partial charge in [-0.25, -0.2) is 4.68 Å². The van der Waals surface area contributed by atoms with Gasteiger partial charge in [0.1, 0.15) is 38.8 Å². The van der Waals surface area contributed by atoms with E-state index < -0.39 is 0 Å². The number of quaternary nitrogens is 2. The normalized spacial score (nSPS) is 20.9. The SMILES string of the molecule is CCC[C@H](c1nnnn1Cc1cccs1)[NH+]1CC[NH+](Cc2ccncc2)CC1. The molecule has 3 aromatic heterocycles. The molecule has 4 rings (SSSR count). The Balaban J connectivity index is 1.41. The molecule has 148 valence electrons. The van der Waals surface area contributed by atoms with E-state index in [1.165, 1.54) is 23.5 Å². The number of pyridine rings is 1. The predicted octanol–water partition coefficient (Wildman–Crippen LogP) is 0.00270. The maximum absolute atomic E-state index is 4.45. The van der Waals surface area contributed by atoms with E-state index >= 15 is 0 Å². The maximum Gasteiger partial charge on any atom is 0.209 e. The van der Waals surface area contributed by atoms with Crippen LogP contribution in [0.25, 0.3) is 0 Å². The molecule has 8 heteroatoms. The van der Waals surface area contributed by atoms with Gasteiger partial charge in [-0.05, 0) is 34.0 Å². The van der Waals surface area contributed by atoms with Gasteiger partial charge in [0.2, 0.25) is 5.82 Å². The summed E-state index contributed by atoms with van der Waals surface area (Å²) in [6.45, 7) is 8.81. The summed E-state index contributed by atoms with van der Waals surface area (Å²) in [4.78, 5) is 8.70. The number of thiophene rings is 1. The Bertz CT molecular complexity index is 825. The average Bonchev–Trinajstić information content (AvgIpc) is 3.40. The first-order valence-corrected chi connectivity index (χ1v) is 11.1. The summed E-state index contributed by atoms with van der Waals surface area (Å²) in [7, 11) is 0. The number of piperazine rings is 1. The van der Waals surface area contributed by atoms with Crippen molar-refractivity contribution in [2.45, 2.75) is 38.9 Å². The van der Waals surface area contributed by atoms with Gasteiger partial charge in [0.25, 0.3) is 0 Å². The molecule has 0 bridgehead atoms. The predicted molar refractivity (Wildman–Crippen MR) is 108 cm³/mol. The number of hydrogen-bond acceptors (Lipinski definition) is 5. The molecular formula is C20H29N7S+2. The lowest BCUT2D eigenvalue weighted by molar-refractivity contribution is -1.03. The summed E-state index contributed by atoms with van der Waals surface area (Å²) in [5, 5.41) is 14.9. The lowest BCUT2D eigenvalue weighted by atomic mass is 10.1. The van der Waals surface area contributed by atoms with E-state index in [1.54, 1.807) is 21.1 Å². The van der Waals surface area contributed by atoms with E-state index in [1.807, 2.05) is 17.1 Å².